The number of ether oxygens (including phenoxy) is 2. The molecule has 0 bridgehead atoms. The van der Waals surface area contributed by atoms with Crippen molar-refractivity contribution in [2.45, 2.75) is 21.3 Å². The molecule has 23 heavy (non-hydrogen) atoms. The van der Waals surface area contributed by atoms with E-state index >= 15 is 0 Å². The van der Waals surface area contributed by atoms with Gasteiger partial charge in [0.1, 0.15) is 17.8 Å². The van der Waals surface area contributed by atoms with E-state index in [0.717, 1.165) is 22.6 Å². The second kappa shape index (κ2) is 7.40. The van der Waals surface area contributed by atoms with Crippen molar-refractivity contribution in [2.24, 2.45) is 0 Å². The van der Waals surface area contributed by atoms with Crippen LogP contribution in [0.2, 0.25) is 0 Å². The number of aryl methyl sites for hydroxylation is 2. The number of rotatable bonds is 4. The van der Waals surface area contributed by atoms with Gasteiger partial charge in [-0.2, -0.15) is 0 Å². The lowest BCUT2D eigenvalue weighted by atomic mass is 10.2. The Labute approximate surface area is 136 Å². The van der Waals surface area contributed by atoms with Crippen molar-refractivity contribution in [3.05, 3.63) is 72.1 Å². The second-order valence-corrected chi connectivity index (χ2v) is 4.93. The van der Waals surface area contributed by atoms with Crippen molar-refractivity contribution in [1.29, 1.82) is 0 Å². The van der Waals surface area contributed by atoms with Gasteiger partial charge in [0.15, 0.2) is 0 Å². The van der Waals surface area contributed by atoms with Crippen LogP contribution in [0.1, 0.15) is 18.6 Å². The zero-order valence-electron chi connectivity index (χ0n) is 12.5. The minimum Gasteiger partial charge on any atom is -0.439 e. The second-order valence-electron chi connectivity index (χ2n) is 4.93. The monoisotopic (exact) mass is 308 g/mol. The van der Waals surface area contributed by atoms with E-state index in [1.165, 1.54) is 6.33 Å². The predicted octanol–water partition coefficient (Wildman–Crippen LogP) is 5.31. The van der Waals surface area contributed by atoms with E-state index in [1.807, 2.05) is 62.4 Å². The van der Waals surface area contributed by atoms with Gasteiger partial charge in [-0.3, -0.25) is 0 Å². The van der Waals surface area contributed by atoms with Gasteiger partial charge < -0.3 is 9.47 Å². The van der Waals surface area contributed by atoms with Crippen molar-refractivity contribution in [1.82, 2.24) is 9.97 Å². The SMILES string of the molecule is C.Cc1ccccc1Oc1cc(Oc2ccccc2C)ncn1. The van der Waals surface area contributed by atoms with Crippen LogP contribution in [0.25, 0.3) is 0 Å². The first kappa shape index (κ1) is 16.5. The van der Waals surface area contributed by atoms with E-state index in [-0.39, 0.29) is 7.43 Å². The molecule has 0 radical (unpaired) electrons. The molecule has 0 aliphatic carbocycles. The molecule has 0 N–H and O–H groups in total. The van der Waals surface area contributed by atoms with Crippen molar-refractivity contribution < 1.29 is 9.47 Å². The molecule has 2 aromatic carbocycles. The maximum absolute atomic E-state index is 5.79. The summed E-state index contributed by atoms with van der Waals surface area (Å²) in [5.41, 5.74) is 2.09. The highest BCUT2D eigenvalue weighted by Crippen LogP contribution is 2.27. The van der Waals surface area contributed by atoms with E-state index in [9.17, 15) is 0 Å². The highest BCUT2D eigenvalue weighted by atomic mass is 16.5. The minimum atomic E-state index is 0. The molecule has 0 saturated heterocycles. The largest absolute Gasteiger partial charge is 0.439 e. The molecule has 0 saturated carbocycles. The summed E-state index contributed by atoms with van der Waals surface area (Å²) in [6.07, 6.45) is 1.43. The molecule has 3 aromatic rings. The van der Waals surface area contributed by atoms with Gasteiger partial charge >= 0.3 is 0 Å². The predicted molar refractivity (Wildman–Crippen MR) is 91.3 cm³/mol. The van der Waals surface area contributed by atoms with Gasteiger partial charge in [0.2, 0.25) is 11.8 Å². The average molecular weight is 308 g/mol. The lowest BCUT2D eigenvalue weighted by Crippen LogP contribution is -1.94. The van der Waals surface area contributed by atoms with Crippen molar-refractivity contribution in [3.63, 3.8) is 0 Å². The quantitative estimate of drug-likeness (QED) is 0.655. The van der Waals surface area contributed by atoms with Crippen LogP contribution in [0.4, 0.5) is 0 Å². The molecule has 0 aliphatic heterocycles. The molecule has 0 atom stereocenters. The van der Waals surface area contributed by atoms with Crippen LogP contribution in [0.15, 0.2) is 60.9 Å². The first-order chi connectivity index (χ1) is 10.7. The van der Waals surface area contributed by atoms with Crippen LogP contribution in [0.5, 0.6) is 23.3 Å². The van der Waals surface area contributed by atoms with Gasteiger partial charge in [-0.25, -0.2) is 9.97 Å². The number of hydrogen-bond acceptors (Lipinski definition) is 4. The Morgan fingerprint density at radius 3 is 1.57 bits per heavy atom. The summed E-state index contributed by atoms with van der Waals surface area (Å²) in [4.78, 5) is 8.25. The fraction of sp³-hybridized carbons (Fsp3) is 0.158. The first-order valence-electron chi connectivity index (χ1n) is 7.01. The summed E-state index contributed by atoms with van der Waals surface area (Å²) < 4.78 is 11.6. The van der Waals surface area contributed by atoms with Crippen LogP contribution in [-0.2, 0) is 0 Å². The molecule has 4 heteroatoms. The Morgan fingerprint density at radius 2 is 1.13 bits per heavy atom. The Kier molecular flexibility index (Phi) is 5.31. The van der Waals surface area contributed by atoms with Crippen LogP contribution in [0, 0.1) is 13.8 Å². The highest BCUT2D eigenvalue weighted by molar-refractivity contribution is 5.37. The van der Waals surface area contributed by atoms with E-state index in [0.29, 0.717) is 11.8 Å². The molecule has 3 rings (SSSR count). The molecular weight excluding hydrogens is 288 g/mol. The standard InChI is InChI=1S/C18H16N2O2.CH4/c1-13-7-3-5-9-15(13)21-17-11-18(20-12-19-17)22-16-10-6-4-8-14(16)2;/h3-12H,1-2H3;1H4. The maximum Gasteiger partial charge on any atom is 0.226 e. The third-order valence-electron chi connectivity index (χ3n) is 3.23. The van der Waals surface area contributed by atoms with Crippen LogP contribution < -0.4 is 9.47 Å². The van der Waals surface area contributed by atoms with Gasteiger partial charge in [-0.05, 0) is 37.1 Å². The van der Waals surface area contributed by atoms with E-state index in [2.05, 4.69) is 9.97 Å². The minimum absolute atomic E-state index is 0. The number of para-hydroxylation sites is 2. The molecule has 0 spiro atoms. The summed E-state index contributed by atoms with van der Waals surface area (Å²) in [5, 5.41) is 0. The molecule has 0 amide bonds. The van der Waals surface area contributed by atoms with Crippen LogP contribution in [0.3, 0.4) is 0 Å². The van der Waals surface area contributed by atoms with Crippen LogP contribution in [-0.4, -0.2) is 9.97 Å². The summed E-state index contributed by atoms with van der Waals surface area (Å²) in [6, 6.07) is 17.2. The molecule has 0 fully saturated rings. The lowest BCUT2D eigenvalue weighted by molar-refractivity contribution is 0.430. The van der Waals surface area contributed by atoms with E-state index in [1.54, 1.807) is 6.07 Å². The Balaban J connectivity index is 0.00000192. The molecular formula is C19H20N2O2. The van der Waals surface area contributed by atoms with E-state index in [4.69, 9.17) is 9.47 Å². The Morgan fingerprint density at radius 1 is 0.696 bits per heavy atom. The molecule has 1 aromatic heterocycles. The fourth-order valence-electron chi connectivity index (χ4n) is 2.00. The number of nitrogens with zero attached hydrogens (tertiary/aromatic N) is 2. The topological polar surface area (TPSA) is 44.2 Å². The zero-order chi connectivity index (χ0) is 15.4. The molecule has 4 nitrogen and oxygen atoms in total. The lowest BCUT2D eigenvalue weighted by Gasteiger charge is -2.10. The van der Waals surface area contributed by atoms with Gasteiger partial charge in [0.25, 0.3) is 0 Å². The number of benzene rings is 2. The smallest absolute Gasteiger partial charge is 0.226 e. The summed E-state index contributed by atoms with van der Waals surface area (Å²) in [7, 11) is 0. The van der Waals surface area contributed by atoms with Crippen molar-refractivity contribution >= 4 is 0 Å². The van der Waals surface area contributed by atoms with E-state index < -0.39 is 0 Å². The van der Waals surface area contributed by atoms with Gasteiger partial charge in [-0.15, -0.1) is 0 Å². The highest BCUT2D eigenvalue weighted by Gasteiger charge is 2.06. The van der Waals surface area contributed by atoms with Gasteiger partial charge in [0.05, 0.1) is 6.07 Å². The Hall–Kier alpha value is -2.88. The third kappa shape index (κ3) is 4.07. The number of aromatic nitrogens is 2. The summed E-state index contributed by atoms with van der Waals surface area (Å²) >= 11 is 0. The molecule has 0 aliphatic rings. The van der Waals surface area contributed by atoms with Crippen molar-refractivity contribution in [2.75, 3.05) is 0 Å². The summed E-state index contributed by atoms with van der Waals surface area (Å²) in [5.74, 6) is 2.44. The van der Waals surface area contributed by atoms with Gasteiger partial charge in [-0.1, -0.05) is 43.8 Å². The molecule has 0 unspecified atom stereocenters. The Bertz CT molecular complexity index is 725. The fourth-order valence-corrected chi connectivity index (χ4v) is 2.00. The maximum atomic E-state index is 5.79. The zero-order valence-corrected chi connectivity index (χ0v) is 12.5. The number of hydrogen-bond donors (Lipinski definition) is 0. The first-order valence-corrected chi connectivity index (χ1v) is 7.01. The van der Waals surface area contributed by atoms with Crippen molar-refractivity contribution in [3.8, 4) is 23.3 Å². The third-order valence-corrected chi connectivity index (χ3v) is 3.23. The van der Waals surface area contributed by atoms with Gasteiger partial charge in [0, 0.05) is 0 Å². The molecule has 118 valence electrons. The normalized spacial score (nSPS) is 9.83. The summed E-state index contributed by atoms with van der Waals surface area (Å²) in [6.45, 7) is 3.97. The average Bonchev–Trinajstić information content (AvgIpc) is 2.52. The van der Waals surface area contributed by atoms with Crippen LogP contribution >= 0.6 is 0 Å². The molecule has 1 heterocycles.